The van der Waals surface area contributed by atoms with Gasteiger partial charge in [-0.3, -0.25) is 0 Å². The van der Waals surface area contributed by atoms with Crippen LogP contribution in [0.3, 0.4) is 0 Å². The molecule has 0 atom stereocenters. The Morgan fingerprint density at radius 3 is 1.41 bits per heavy atom. The molecule has 0 amide bonds. The molecule has 0 bridgehead atoms. The minimum atomic E-state index is -2.61. The van der Waals surface area contributed by atoms with Crippen molar-refractivity contribution in [2.75, 3.05) is 13.2 Å². The van der Waals surface area contributed by atoms with Gasteiger partial charge in [0, 0.05) is 10.4 Å². The second-order valence-electron chi connectivity index (χ2n) is 6.16. The fourth-order valence-electron chi connectivity index (χ4n) is 2.05. The zero-order chi connectivity index (χ0) is 17.0. The van der Waals surface area contributed by atoms with E-state index in [9.17, 15) is 9.59 Å². The van der Waals surface area contributed by atoms with Gasteiger partial charge in [0.05, 0.1) is 0 Å². The van der Waals surface area contributed by atoms with Gasteiger partial charge in [-0.15, -0.1) is 0 Å². The molecule has 0 aliphatic heterocycles. The molecule has 0 aromatic heterocycles. The molecule has 22 heavy (non-hydrogen) atoms. The Morgan fingerprint density at radius 2 is 1.18 bits per heavy atom. The van der Waals surface area contributed by atoms with Crippen molar-refractivity contribution in [3.8, 4) is 11.5 Å². The predicted octanol–water partition coefficient (Wildman–Crippen LogP) is 1.62. The molecule has 0 spiro atoms. The SMILES string of the molecule is C=CCOc1cc([Si](C)(C)O)c(OCC=C)cc1[Si](C)(C)O. The van der Waals surface area contributed by atoms with Crippen LogP contribution >= 0.6 is 0 Å². The van der Waals surface area contributed by atoms with Crippen LogP contribution in [0, 0.1) is 0 Å². The summed E-state index contributed by atoms with van der Waals surface area (Å²) < 4.78 is 11.4. The van der Waals surface area contributed by atoms with E-state index in [1.165, 1.54) is 0 Å². The lowest BCUT2D eigenvalue weighted by Gasteiger charge is -2.25. The molecule has 0 heterocycles. The van der Waals surface area contributed by atoms with Crippen molar-refractivity contribution in [1.82, 2.24) is 0 Å². The van der Waals surface area contributed by atoms with Crippen molar-refractivity contribution in [2.24, 2.45) is 0 Å². The lowest BCUT2D eigenvalue weighted by atomic mass is 10.3. The molecule has 0 aliphatic rings. The third kappa shape index (κ3) is 4.84. The Hall–Kier alpha value is -1.35. The van der Waals surface area contributed by atoms with Crippen molar-refractivity contribution < 1.29 is 19.1 Å². The zero-order valence-corrected chi connectivity index (χ0v) is 15.8. The monoisotopic (exact) mass is 338 g/mol. The van der Waals surface area contributed by atoms with Crippen LogP contribution in [0.1, 0.15) is 0 Å². The molecule has 0 saturated carbocycles. The van der Waals surface area contributed by atoms with E-state index in [0.29, 0.717) is 24.7 Å². The van der Waals surface area contributed by atoms with Crippen LogP contribution in [0.25, 0.3) is 0 Å². The predicted molar refractivity (Wildman–Crippen MR) is 96.5 cm³/mol. The molecule has 1 aromatic carbocycles. The van der Waals surface area contributed by atoms with Gasteiger partial charge in [0.2, 0.25) is 16.6 Å². The van der Waals surface area contributed by atoms with Crippen molar-refractivity contribution in [2.45, 2.75) is 26.2 Å². The van der Waals surface area contributed by atoms with Crippen LogP contribution in [-0.2, 0) is 0 Å². The Bertz CT molecular complexity index is 493. The Kier molecular flexibility index (Phi) is 6.19. The summed E-state index contributed by atoms with van der Waals surface area (Å²) in [5.74, 6) is 1.18. The summed E-state index contributed by atoms with van der Waals surface area (Å²) in [6, 6.07) is 3.60. The lowest BCUT2D eigenvalue weighted by Crippen LogP contribution is -2.47. The summed E-state index contributed by atoms with van der Waals surface area (Å²) in [6.45, 7) is 15.3. The minimum Gasteiger partial charge on any atom is -0.490 e. The van der Waals surface area contributed by atoms with Gasteiger partial charge in [-0.25, -0.2) is 0 Å². The largest absolute Gasteiger partial charge is 0.490 e. The molecule has 1 rings (SSSR count). The van der Waals surface area contributed by atoms with E-state index in [2.05, 4.69) is 13.2 Å². The molecule has 0 radical (unpaired) electrons. The number of benzene rings is 1. The van der Waals surface area contributed by atoms with Gasteiger partial charge in [-0.1, -0.05) is 25.3 Å². The molecule has 0 aliphatic carbocycles. The molecule has 1 aromatic rings. The fourth-order valence-corrected chi connectivity index (χ4v) is 4.52. The van der Waals surface area contributed by atoms with Gasteiger partial charge in [-0.05, 0) is 38.3 Å². The Balaban J connectivity index is 3.48. The summed E-state index contributed by atoms with van der Waals surface area (Å²) in [7, 11) is -5.22. The summed E-state index contributed by atoms with van der Waals surface area (Å²) in [4.78, 5) is 21.0. The van der Waals surface area contributed by atoms with Gasteiger partial charge in [0.15, 0.2) is 0 Å². The molecular formula is C16H26O4Si2. The van der Waals surface area contributed by atoms with Crippen molar-refractivity contribution in [3.05, 3.63) is 37.4 Å². The van der Waals surface area contributed by atoms with Crippen LogP contribution in [0.2, 0.25) is 26.2 Å². The molecule has 6 heteroatoms. The molecular weight excluding hydrogens is 312 g/mol. The third-order valence-corrected chi connectivity index (χ3v) is 6.53. The highest BCUT2D eigenvalue weighted by Crippen LogP contribution is 2.21. The first-order chi connectivity index (χ1) is 10.1. The first kappa shape index (κ1) is 18.7. The molecule has 0 fully saturated rings. The molecule has 2 N–H and O–H groups in total. The second-order valence-corrected chi connectivity index (χ2v) is 13.5. The number of hydrogen-bond acceptors (Lipinski definition) is 4. The van der Waals surface area contributed by atoms with Crippen LogP contribution in [0.4, 0.5) is 0 Å². The van der Waals surface area contributed by atoms with E-state index < -0.39 is 16.6 Å². The van der Waals surface area contributed by atoms with Gasteiger partial charge >= 0.3 is 0 Å². The first-order valence-corrected chi connectivity index (χ1v) is 13.1. The standard InChI is InChI=1S/C16H26O4Si2/c1-7-9-19-13-11-16(22(5,6)18)14(20-10-8-2)12-15(13)21(3,4)17/h7-8,11-12,17-18H,1-2,9-10H2,3-6H3. The van der Waals surface area contributed by atoms with Gasteiger partial charge < -0.3 is 19.1 Å². The minimum absolute atomic E-state index is 0.344. The average molecular weight is 339 g/mol. The highest BCUT2D eigenvalue weighted by atomic mass is 28.4. The summed E-state index contributed by atoms with van der Waals surface area (Å²) >= 11 is 0. The molecule has 122 valence electrons. The fraction of sp³-hybridized carbons (Fsp3) is 0.375. The van der Waals surface area contributed by atoms with E-state index in [0.717, 1.165) is 10.4 Å². The topological polar surface area (TPSA) is 58.9 Å². The normalized spacial score (nSPS) is 11.9. The summed E-state index contributed by atoms with van der Waals surface area (Å²) in [5, 5.41) is 1.49. The Morgan fingerprint density at radius 1 is 0.864 bits per heavy atom. The van der Waals surface area contributed by atoms with Gasteiger partial charge in [-0.2, -0.15) is 0 Å². The van der Waals surface area contributed by atoms with Crippen molar-refractivity contribution >= 4 is 27.0 Å². The summed E-state index contributed by atoms with van der Waals surface area (Å²) in [6.07, 6.45) is 3.30. The van der Waals surface area contributed by atoms with Crippen LogP contribution in [-0.4, -0.2) is 39.4 Å². The number of rotatable bonds is 8. The quantitative estimate of drug-likeness (QED) is 0.559. The van der Waals surface area contributed by atoms with Crippen LogP contribution in [0.15, 0.2) is 37.4 Å². The van der Waals surface area contributed by atoms with E-state index in [1.807, 2.05) is 26.2 Å². The third-order valence-electron chi connectivity index (χ3n) is 3.11. The highest BCUT2D eigenvalue weighted by molar-refractivity contribution is 6.86. The van der Waals surface area contributed by atoms with Crippen molar-refractivity contribution in [3.63, 3.8) is 0 Å². The highest BCUT2D eigenvalue weighted by Gasteiger charge is 2.31. The van der Waals surface area contributed by atoms with Gasteiger partial charge in [0.1, 0.15) is 24.7 Å². The molecule has 0 unspecified atom stereocenters. The lowest BCUT2D eigenvalue weighted by molar-refractivity contribution is 0.356. The van der Waals surface area contributed by atoms with E-state index in [-0.39, 0.29) is 0 Å². The number of ether oxygens (including phenoxy) is 2. The van der Waals surface area contributed by atoms with Crippen LogP contribution < -0.4 is 19.8 Å². The maximum Gasteiger partial charge on any atom is 0.217 e. The number of hydrogen-bond donors (Lipinski definition) is 2. The van der Waals surface area contributed by atoms with Gasteiger partial charge in [0.25, 0.3) is 0 Å². The second kappa shape index (κ2) is 7.28. The molecule has 4 nitrogen and oxygen atoms in total. The van der Waals surface area contributed by atoms with Crippen molar-refractivity contribution in [1.29, 1.82) is 0 Å². The first-order valence-electron chi connectivity index (χ1n) is 7.22. The zero-order valence-electron chi connectivity index (χ0n) is 13.8. The smallest absolute Gasteiger partial charge is 0.217 e. The molecule has 0 saturated heterocycles. The maximum atomic E-state index is 10.5. The van der Waals surface area contributed by atoms with Crippen LogP contribution in [0.5, 0.6) is 11.5 Å². The maximum absolute atomic E-state index is 10.5. The van der Waals surface area contributed by atoms with E-state index in [1.54, 1.807) is 24.3 Å². The van der Waals surface area contributed by atoms with E-state index >= 15 is 0 Å². The van der Waals surface area contributed by atoms with E-state index in [4.69, 9.17) is 9.47 Å². The average Bonchev–Trinajstić information content (AvgIpc) is 2.40. The summed E-state index contributed by atoms with van der Waals surface area (Å²) in [5.41, 5.74) is 0. The Labute approximate surface area is 135 Å².